The highest BCUT2D eigenvalue weighted by Crippen LogP contribution is 2.50. The number of nitrogens with one attached hydrogen (secondary N) is 1. The number of nitrogens with zero attached hydrogens (tertiary/aromatic N) is 4. The third-order valence-corrected chi connectivity index (χ3v) is 8.37. The second-order valence-electron chi connectivity index (χ2n) is 10.0. The van der Waals surface area contributed by atoms with Crippen LogP contribution >= 0.6 is 0 Å². The van der Waals surface area contributed by atoms with Gasteiger partial charge in [0.25, 0.3) is 0 Å². The second-order valence-corrected chi connectivity index (χ2v) is 10.0. The smallest absolute Gasteiger partial charge is 0.407 e. The predicted molar refractivity (Wildman–Crippen MR) is 124 cm³/mol. The van der Waals surface area contributed by atoms with E-state index in [1.54, 1.807) is 11.2 Å². The van der Waals surface area contributed by atoms with Crippen LogP contribution in [0.2, 0.25) is 0 Å². The van der Waals surface area contributed by atoms with Gasteiger partial charge in [0.1, 0.15) is 12.1 Å². The molecule has 2 aromatic rings. The summed E-state index contributed by atoms with van der Waals surface area (Å²) in [7, 11) is 0. The van der Waals surface area contributed by atoms with Crippen molar-refractivity contribution < 1.29 is 9.90 Å². The summed E-state index contributed by atoms with van der Waals surface area (Å²) in [4.78, 5) is 25.2. The number of amides is 1. The Morgan fingerprint density at radius 1 is 1.19 bits per heavy atom. The average Bonchev–Trinajstić information content (AvgIpc) is 3.53. The van der Waals surface area contributed by atoms with Crippen molar-refractivity contribution in [3.63, 3.8) is 0 Å². The third-order valence-electron chi connectivity index (χ3n) is 8.37. The van der Waals surface area contributed by atoms with E-state index in [2.05, 4.69) is 40.3 Å². The van der Waals surface area contributed by atoms with Gasteiger partial charge in [0.05, 0.1) is 6.04 Å². The minimum Gasteiger partial charge on any atom is -0.465 e. The first-order valence-electron chi connectivity index (χ1n) is 12.0. The van der Waals surface area contributed by atoms with Gasteiger partial charge in [0, 0.05) is 48.5 Å². The molecule has 7 heteroatoms. The largest absolute Gasteiger partial charge is 0.465 e. The van der Waals surface area contributed by atoms with Crippen LogP contribution in [0.5, 0.6) is 0 Å². The van der Waals surface area contributed by atoms with Crippen molar-refractivity contribution in [1.82, 2.24) is 14.9 Å². The van der Waals surface area contributed by atoms with Crippen LogP contribution in [0.4, 0.5) is 16.3 Å². The van der Waals surface area contributed by atoms with Crippen molar-refractivity contribution in [2.75, 3.05) is 36.4 Å². The summed E-state index contributed by atoms with van der Waals surface area (Å²) in [5, 5.41) is 13.4. The molecule has 4 aliphatic rings. The Labute approximate surface area is 188 Å². The van der Waals surface area contributed by atoms with Crippen molar-refractivity contribution in [1.29, 1.82) is 0 Å². The Morgan fingerprint density at radius 3 is 2.84 bits per heavy atom. The molecular formula is C25H31N5O2. The van der Waals surface area contributed by atoms with Gasteiger partial charge < -0.3 is 20.2 Å². The number of anilines is 2. The number of carbonyl (C=O) groups is 1. The van der Waals surface area contributed by atoms with Crippen molar-refractivity contribution in [3.8, 4) is 0 Å². The molecule has 4 heterocycles. The summed E-state index contributed by atoms with van der Waals surface area (Å²) in [5.74, 6) is 1.67. The molecule has 7 nitrogen and oxygen atoms in total. The minimum atomic E-state index is -0.799. The maximum atomic E-state index is 11.9. The fraction of sp³-hybridized carbons (Fsp3) is 0.560. The fourth-order valence-corrected chi connectivity index (χ4v) is 6.71. The van der Waals surface area contributed by atoms with Crippen LogP contribution in [0.3, 0.4) is 0 Å². The summed E-state index contributed by atoms with van der Waals surface area (Å²) >= 11 is 0. The molecule has 2 N–H and O–H groups in total. The Bertz CT molecular complexity index is 1060. The maximum absolute atomic E-state index is 11.9. The predicted octanol–water partition coefficient (Wildman–Crippen LogP) is 4.30. The summed E-state index contributed by atoms with van der Waals surface area (Å²) < 4.78 is 0. The highest BCUT2D eigenvalue weighted by molar-refractivity contribution is 5.69. The molecule has 1 aliphatic carbocycles. The average molecular weight is 434 g/mol. The van der Waals surface area contributed by atoms with Crippen molar-refractivity contribution >= 4 is 17.6 Å². The molecule has 6 rings (SSSR count). The number of fused-ring (bicyclic) bond motifs is 3. The summed E-state index contributed by atoms with van der Waals surface area (Å²) in [6.07, 6.45) is 7.12. The lowest BCUT2D eigenvalue weighted by atomic mass is 9.71. The number of hydrogen-bond donors (Lipinski definition) is 2. The zero-order chi connectivity index (χ0) is 21.9. The van der Waals surface area contributed by atoms with E-state index in [-0.39, 0.29) is 11.5 Å². The monoisotopic (exact) mass is 433 g/mol. The molecule has 1 unspecified atom stereocenters. The zero-order valence-electron chi connectivity index (χ0n) is 18.7. The molecule has 1 aromatic carbocycles. The van der Waals surface area contributed by atoms with E-state index in [1.807, 2.05) is 0 Å². The van der Waals surface area contributed by atoms with Crippen LogP contribution in [-0.4, -0.2) is 52.2 Å². The molecule has 1 spiro atoms. The Morgan fingerprint density at radius 2 is 2.03 bits per heavy atom. The summed E-state index contributed by atoms with van der Waals surface area (Å²) in [6, 6.07) is 6.39. The lowest BCUT2D eigenvalue weighted by Gasteiger charge is -2.42. The van der Waals surface area contributed by atoms with Crippen LogP contribution in [0.25, 0.3) is 0 Å². The van der Waals surface area contributed by atoms with E-state index in [9.17, 15) is 9.90 Å². The number of carboxylic acid groups (broad SMARTS) is 1. The van der Waals surface area contributed by atoms with Gasteiger partial charge in [0.2, 0.25) is 0 Å². The first-order valence-corrected chi connectivity index (χ1v) is 12.0. The standard InChI is InChI=1S/C25H31N5O2/c1-16-7-8-18-21(16)23(28-15-27-18)29-12-9-25(10-13-29)14-26-19-5-2-4-17(22(19)25)20-6-3-11-30(20)24(31)32/h2,4-5,15-16,20,26H,3,6-14H2,1H3,(H,31,32)/t16-,20?/m1/s1. The second kappa shape index (κ2) is 7.36. The topological polar surface area (TPSA) is 81.6 Å². The molecule has 2 atom stereocenters. The normalized spacial score (nSPS) is 25.7. The fourth-order valence-electron chi connectivity index (χ4n) is 6.71. The highest BCUT2D eigenvalue weighted by Gasteiger charge is 2.46. The first-order chi connectivity index (χ1) is 15.6. The van der Waals surface area contributed by atoms with E-state index in [1.165, 1.54) is 34.5 Å². The van der Waals surface area contributed by atoms with Crippen LogP contribution < -0.4 is 10.2 Å². The zero-order valence-corrected chi connectivity index (χ0v) is 18.7. The quantitative estimate of drug-likeness (QED) is 0.735. The van der Waals surface area contributed by atoms with Gasteiger partial charge in [0.15, 0.2) is 0 Å². The van der Waals surface area contributed by atoms with Crippen LogP contribution in [-0.2, 0) is 11.8 Å². The van der Waals surface area contributed by atoms with Crippen molar-refractivity contribution in [3.05, 3.63) is 46.9 Å². The van der Waals surface area contributed by atoms with Gasteiger partial charge in [-0.15, -0.1) is 0 Å². The number of piperidine rings is 1. The Kier molecular flexibility index (Phi) is 4.56. The van der Waals surface area contributed by atoms with Crippen LogP contribution in [0.15, 0.2) is 24.5 Å². The highest BCUT2D eigenvalue weighted by atomic mass is 16.4. The van der Waals surface area contributed by atoms with E-state index in [0.29, 0.717) is 12.5 Å². The lowest BCUT2D eigenvalue weighted by molar-refractivity contribution is 0.140. The molecule has 32 heavy (non-hydrogen) atoms. The number of likely N-dealkylation sites (tertiary alicyclic amines) is 1. The number of rotatable bonds is 2. The van der Waals surface area contributed by atoms with Crippen LogP contribution in [0.1, 0.15) is 73.4 Å². The number of benzene rings is 1. The number of aromatic nitrogens is 2. The molecule has 0 bridgehead atoms. The molecule has 168 valence electrons. The first kappa shape index (κ1) is 19.8. The third kappa shape index (κ3) is 2.90. The number of aryl methyl sites for hydroxylation is 1. The molecule has 3 aliphatic heterocycles. The van der Waals surface area contributed by atoms with Gasteiger partial charge in [-0.3, -0.25) is 0 Å². The van der Waals surface area contributed by atoms with E-state index < -0.39 is 6.09 Å². The van der Waals surface area contributed by atoms with E-state index in [0.717, 1.165) is 57.6 Å². The molecule has 1 amide bonds. The number of hydrogen-bond acceptors (Lipinski definition) is 5. The Balaban J connectivity index is 1.31. The van der Waals surface area contributed by atoms with Crippen LogP contribution in [0, 0.1) is 0 Å². The van der Waals surface area contributed by atoms with Gasteiger partial charge in [-0.05, 0) is 61.6 Å². The molecule has 0 saturated carbocycles. The molecule has 0 radical (unpaired) electrons. The van der Waals surface area contributed by atoms with Crippen molar-refractivity contribution in [2.45, 2.75) is 62.8 Å². The molecule has 1 aromatic heterocycles. The van der Waals surface area contributed by atoms with Gasteiger partial charge in [-0.2, -0.15) is 0 Å². The molecule has 2 fully saturated rings. The van der Waals surface area contributed by atoms with Gasteiger partial charge >= 0.3 is 6.09 Å². The lowest BCUT2D eigenvalue weighted by Crippen LogP contribution is -2.45. The van der Waals surface area contributed by atoms with E-state index in [4.69, 9.17) is 4.98 Å². The van der Waals surface area contributed by atoms with Gasteiger partial charge in [-0.1, -0.05) is 19.1 Å². The molecule has 2 saturated heterocycles. The molecular weight excluding hydrogens is 402 g/mol. The van der Waals surface area contributed by atoms with Gasteiger partial charge in [-0.25, -0.2) is 14.8 Å². The maximum Gasteiger partial charge on any atom is 0.407 e. The Hall–Kier alpha value is -2.83. The summed E-state index contributed by atoms with van der Waals surface area (Å²) in [5.41, 5.74) is 6.45. The summed E-state index contributed by atoms with van der Waals surface area (Å²) in [6.45, 7) is 5.81. The SMILES string of the molecule is C[C@@H]1CCc2ncnc(N3CCC4(CC3)CNc3cccc(C5CCCN5C(=O)O)c34)c21. The minimum absolute atomic E-state index is 0.0248. The van der Waals surface area contributed by atoms with Crippen molar-refractivity contribution in [2.24, 2.45) is 0 Å². The van der Waals surface area contributed by atoms with E-state index >= 15 is 0 Å².